The molecule has 2 heterocycles. The number of thioether (sulfide) groups is 1. The second-order valence-corrected chi connectivity index (χ2v) is 11.5. The highest BCUT2D eigenvalue weighted by molar-refractivity contribution is 14.1. The highest BCUT2D eigenvalue weighted by Crippen LogP contribution is 2.36. The number of ether oxygens (including phenoxy) is 2. The maximum atomic E-state index is 12.9. The molecule has 0 aliphatic carbocycles. The van der Waals surface area contributed by atoms with Gasteiger partial charge in [0, 0.05) is 18.7 Å². The highest BCUT2D eigenvalue weighted by atomic mass is 127. The summed E-state index contributed by atoms with van der Waals surface area (Å²) >= 11 is 11.1. The molecule has 0 spiro atoms. The van der Waals surface area contributed by atoms with Crippen molar-refractivity contribution >= 4 is 91.2 Å². The summed E-state index contributed by atoms with van der Waals surface area (Å²) in [5, 5.41) is 11.0. The SMILES string of the molecule is O=C1/C(=C/c2cc(I)c(OCc3cccc([N+](=O)[O-])c3)c(I)c2)SC(=S)N1C[C@H]1CCCO1. The van der Waals surface area contributed by atoms with Gasteiger partial charge in [0.15, 0.2) is 0 Å². The van der Waals surface area contributed by atoms with E-state index >= 15 is 0 Å². The Hall–Kier alpha value is -1.29. The van der Waals surface area contributed by atoms with E-state index in [1.54, 1.807) is 17.0 Å². The molecule has 0 bridgehead atoms. The number of non-ortho nitro benzene ring substituents is 1. The number of carbonyl (C=O) groups is 1. The van der Waals surface area contributed by atoms with E-state index in [1.807, 2.05) is 18.2 Å². The molecule has 2 saturated heterocycles. The summed E-state index contributed by atoms with van der Waals surface area (Å²) in [5.41, 5.74) is 1.63. The van der Waals surface area contributed by atoms with Crippen molar-refractivity contribution < 1.29 is 19.2 Å². The van der Waals surface area contributed by atoms with Gasteiger partial charge in [0.2, 0.25) is 0 Å². The third-order valence-corrected chi connectivity index (χ3v) is 8.09. The van der Waals surface area contributed by atoms with Gasteiger partial charge in [-0.1, -0.05) is 36.1 Å². The highest BCUT2D eigenvalue weighted by Gasteiger charge is 2.34. The van der Waals surface area contributed by atoms with Crippen LogP contribution in [0.25, 0.3) is 6.08 Å². The lowest BCUT2D eigenvalue weighted by Crippen LogP contribution is -2.35. The number of nitrogens with zero attached hydrogens (tertiary/aromatic N) is 2. The molecule has 33 heavy (non-hydrogen) atoms. The first-order valence-electron chi connectivity index (χ1n) is 10.0. The molecule has 2 fully saturated rings. The lowest BCUT2D eigenvalue weighted by molar-refractivity contribution is -0.384. The average molecular weight is 708 g/mol. The summed E-state index contributed by atoms with van der Waals surface area (Å²) in [5.74, 6) is 0.613. The van der Waals surface area contributed by atoms with Crippen LogP contribution in [0.4, 0.5) is 5.69 Å². The molecule has 7 nitrogen and oxygen atoms in total. The van der Waals surface area contributed by atoms with Crippen LogP contribution in [0.1, 0.15) is 24.0 Å². The summed E-state index contributed by atoms with van der Waals surface area (Å²) in [6.07, 6.45) is 3.87. The van der Waals surface area contributed by atoms with Gasteiger partial charge >= 0.3 is 0 Å². The summed E-state index contributed by atoms with van der Waals surface area (Å²) in [6.45, 7) is 1.46. The Morgan fingerprint density at radius 2 is 2.06 bits per heavy atom. The first-order valence-corrected chi connectivity index (χ1v) is 13.4. The molecular formula is C22H18I2N2O5S2. The van der Waals surface area contributed by atoms with E-state index in [9.17, 15) is 14.9 Å². The van der Waals surface area contributed by atoms with Gasteiger partial charge in [0.05, 0.1) is 29.6 Å². The molecule has 0 aromatic heterocycles. The molecular weight excluding hydrogens is 690 g/mol. The fourth-order valence-electron chi connectivity index (χ4n) is 3.52. The number of halogens is 2. The van der Waals surface area contributed by atoms with Crippen LogP contribution in [0.5, 0.6) is 5.75 Å². The summed E-state index contributed by atoms with van der Waals surface area (Å²) < 4.78 is 13.9. The zero-order valence-electron chi connectivity index (χ0n) is 17.2. The second-order valence-electron chi connectivity index (χ2n) is 7.46. The number of hydrogen-bond donors (Lipinski definition) is 0. The van der Waals surface area contributed by atoms with Gasteiger partial charge in [0.1, 0.15) is 16.7 Å². The summed E-state index contributed by atoms with van der Waals surface area (Å²) in [6, 6.07) is 10.3. The van der Waals surface area contributed by atoms with Gasteiger partial charge in [-0.3, -0.25) is 19.8 Å². The maximum absolute atomic E-state index is 12.9. The van der Waals surface area contributed by atoms with Crippen LogP contribution < -0.4 is 4.74 Å². The van der Waals surface area contributed by atoms with Crippen molar-refractivity contribution in [1.82, 2.24) is 4.90 Å². The van der Waals surface area contributed by atoms with Crippen molar-refractivity contribution in [3.8, 4) is 5.75 Å². The number of nitro benzene ring substituents is 1. The molecule has 4 rings (SSSR count). The van der Waals surface area contributed by atoms with E-state index in [4.69, 9.17) is 21.7 Å². The number of carbonyl (C=O) groups excluding carboxylic acids is 1. The molecule has 2 aromatic carbocycles. The Morgan fingerprint density at radius 3 is 2.73 bits per heavy atom. The predicted molar refractivity (Wildman–Crippen MR) is 148 cm³/mol. The van der Waals surface area contributed by atoms with Crippen molar-refractivity contribution in [1.29, 1.82) is 0 Å². The van der Waals surface area contributed by atoms with Crippen molar-refractivity contribution in [3.05, 3.63) is 69.7 Å². The minimum absolute atomic E-state index is 0.0349. The quantitative estimate of drug-likeness (QED) is 0.119. The van der Waals surface area contributed by atoms with Crippen LogP contribution in [0, 0.1) is 17.3 Å². The van der Waals surface area contributed by atoms with Gasteiger partial charge in [-0.15, -0.1) is 0 Å². The second kappa shape index (κ2) is 11.0. The van der Waals surface area contributed by atoms with E-state index in [0.717, 1.165) is 37.7 Å². The molecule has 1 amide bonds. The first-order chi connectivity index (χ1) is 15.8. The monoisotopic (exact) mass is 708 g/mol. The van der Waals surface area contributed by atoms with Crippen LogP contribution in [0.2, 0.25) is 0 Å². The van der Waals surface area contributed by atoms with Gasteiger partial charge < -0.3 is 9.47 Å². The van der Waals surface area contributed by atoms with Gasteiger partial charge in [-0.25, -0.2) is 0 Å². The molecule has 2 aliphatic heterocycles. The largest absolute Gasteiger partial charge is 0.487 e. The fraction of sp³-hybridized carbons (Fsp3) is 0.273. The Bertz CT molecular complexity index is 1130. The van der Waals surface area contributed by atoms with Crippen molar-refractivity contribution in [2.45, 2.75) is 25.6 Å². The predicted octanol–water partition coefficient (Wildman–Crippen LogP) is 5.76. The van der Waals surface area contributed by atoms with Crippen LogP contribution in [0.15, 0.2) is 41.3 Å². The van der Waals surface area contributed by atoms with Crippen molar-refractivity contribution in [2.75, 3.05) is 13.2 Å². The Balaban J connectivity index is 1.47. The zero-order valence-corrected chi connectivity index (χ0v) is 23.1. The molecule has 172 valence electrons. The number of amides is 1. The standard InChI is InChI=1S/C22H18I2N2O5S2/c23-17-8-14(10-19-21(27)25(22(32)33-19)11-16-5-2-6-30-16)9-18(24)20(17)31-12-13-3-1-4-15(7-13)26(28)29/h1,3-4,7-10,16H,2,5-6,11-12H2/b19-10-/t16-/m1/s1. The molecule has 0 unspecified atom stereocenters. The minimum Gasteiger partial charge on any atom is -0.487 e. The van der Waals surface area contributed by atoms with Gasteiger partial charge in [0.25, 0.3) is 11.6 Å². The molecule has 0 N–H and O–H groups in total. The number of thiocarbonyl (C=S) groups is 1. The summed E-state index contributed by atoms with van der Waals surface area (Å²) in [7, 11) is 0. The minimum atomic E-state index is -0.421. The third kappa shape index (κ3) is 6.05. The molecule has 1 atom stereocenters. The Morgan fingerprint density at radius 1 is 1.30 bits per heavy atom. The lowest BCUT2D eigenvalue weighted by Gasteiger charge is -2.18. The normalized spacial score (nSPS) is 19.5. The van der Waals surface area contributed by atoms with E-state index in [2.05, 4.69) is 45.2 Å². The topological polar surface area (TPSA) is 81.9 Å². The Kier molecular flexibility index (Phi) is 8.25. The van der Waals surface area contributed by atoms with E-state index in [1.165, 1.54) is 23.9 Å². The average Bonchev–Trinajstić information content (AvgIpc) is 3.37. The van der Waals surface area contributed by atoms with Crippen molar-refractivity contribution in [2.24, 2.45) is 0 Å². The smallest absolute Gasteiger partial charge is 0.269 e. The number of rotatable bonds is 7. The number of hydrogen-bond acceptors (Lipinski definition) is 7. The van der Waals surface area contributed by atoms with Crippen molar-refractivity contribution in [3.63, 3.8) is 0 Å². The molecule has 0 saturated carbocycles. The van der Waals surface area contributed by atoms with E-state index in [0.29, 0.717) is 21.5 Å². The fourth-order valence-corrected chi connectivity index (χ4v) is 6.92. The van der Waals surface area contributed by atoms with E-state index < -0.39 is 4.92 Å². The number of benzene rings is 2. The summed E-state index contributed by atoms with van der Waals surface area (Å²) in [4.78, 5) is 25.7. The first kappa shape index (κ1) is 24.8. The molecule has 11 heteroatoms. The molecule has 2 aromatic rings. The van der Waals surface area contributed by atoms with Gasteiger partial charge in [-0.2, -0.15) is 0 Å². The zero-order chi connectivity index (χ0) is 23.5. The number of nitro groups is 1. The van der Waals surface area contributed by atoms with Crippen LogP contribution in [0.3, 0.4) is 0 Å². The third-order valence-electron chi connectivity index (χ3n) is 5.11. The maximum Gasteiger partial charge on any atom is 0.269 e. The van der Waals surface area contributed by atoms with Crippen LogP contribution >= 0.6 is 69.2 Å². The van der Waals surface area contributed by atoms with Gasteiger partial charge in [-0.05, 0) is 87.4 Å². The van der Waals surface area contributed by atoms with Crippen LogP contribution in [-0.4, -0.2) is 39.3 Å². The Labute approximate surface area is 227 Å². The molecule has 2 aliphatic rings. The van der Waals surface area contributed by atoms with E-state index in [-0.39, 0.29) is 24.3 Å². The van der Waals surface area contributed by atoms with Crippen LogP contribution in [-0.2, 0) is 16.1 Å². The molecule has 0 radical (unpaired) electrons. The lowest BCUT2D eigenvalue weighted by atomic mass is 10.2.